The fourth-order valence-electron chi connectivity index (χ4n) is 2.83. The van der Waals surface area contributed by atoms with Crippen molar-refractivity contribution in [1.29, 1.82) is 0 Å². The molecular weight excluding hydrogens is 358 g/mol. The first-order valence-electron chi connectivity index (χ1n) is 7.98. The molecule has 7 heteroatoms. The van der Waals surface area contributed by atoms with Gasteiger partial charge in [0.05, 0.1) is 16.2 Å². The average Bonchev–Trinajstić information content (AvgIpc) is 3.16. The fraction of sp³-hybridized carbons (Fsp3) is 0.278. The van der Waals surface area contributed by atoms with Gasteiger partial charge in [0, 0.05) is 34.0 Å². The number of fused-ring (bicyclic) bond motifs is 1. The Bertz CT molecular complexity index is 972. The molecule has 3 aromatic rings. The standard InChI is InChI=1S/C18H18ClN3O2S/c1-4-22-18-12(9-20-22)16(13-6-7-14(19)25-13)11(5-8-15(23)24)17(21-18)10(2)3/h5-10H,4H2,1-3H3,(H,23,24). The first kappa shape index (κ1) is 17.6. The molecule has 0 aliphatic rings. The lowest BCUT2D eigenvalue weighted by atomic mass is 9.95. The monoisotopic (exact) mass is 375 g/mol. The molecule has 0 aliphatic carbocycles. The summed E-state index contributed by atoms with van der Waals surface area (Å²) in [5.41, 5.74) is 3.39. The predicted molar refractivity (Wildman–Crippen MR) is 102 cm³/mol. The van der Waals surface area contributed by atoms with E-state index in [2.05, 4.69) is 5.10 Å². The average molecular weight is 376 g/mol. The van der Waals surface area contributed by atoms with Crippen LogP contribution >= 0.6 is 22.9 Å². The number of halogens is 1. The minimum Gasteiger partial charge on any atom is -0.478 e. The van der Waals surface area contributed by atoms with Crippen LogP contribution in [-0.4, -0.2) is 25.8 Å². The molecule has 3 rings (SSSR count). The molecule has 25 heavy (non-hydrogen) atoms. The van der Waals surface area contributed by atoms with Crippen molar-refractivity contribution in [1.82, 2.24) is 14.8 Å². The van der Waals surface area contributed by atoms with Crippen molar-refractivity contribution in [3.05, 3.63) is 40.0 Å². The van der Waals surface area contributed by atoms with E-state index in [4.69, 9.17) is 21.7 Å². The Kier molecular flexibility index (Phi) is 4.92. The zero-order valence-corrected chi connectivity index (χ0v) is 15.7. The number of thiophene rings is 1. The highest BCUT2D eigenvalue weighted by molar-refractivity contribution is 7.19. The molecule has 0 aliphatic heterocycles. The number of nitrogens with zero attached hydrogens (tertiary/aromatic N) is 3. The van der Waals surface area contributed by atoms with E-state index in [1.165, 1.54) is 11.3 Å². The van der Waals surface area contributed by atoms with Gasteiger partial charge in [-0.05, 0) is 31.1 Å². The highest BCUT2D eigenvalue weighted by atomic mass is 35.5. The topological polar surface area (TPSA) is 68.0 Å². The Labute approximate surface area is 154 Å². The molecule has 0 amide bonds. The largest absolute Gasteiger partial charge is 0.478 e. The molecule has 0 radical (unpaired) electrons. The van der Waals surface area contributed by atoms with Gasteiger partial charge in [-0.2, -0.15) is 5.10 Å². The fourth-order valence-corrected chi connectivity index (χ4v) is 3.95. The molecule has 0 spiro atoms. The normalized spacial score (nSPS) is 11.9. The summed E-state index contributed by atoms with van der Waals surface area (Å²) in [4.78, 5) is 16.9. The van der Waals surface area contributed by atoms with Gasteiger partial charge in [-0.25, -0.2) is 14.5 Å². The molecule has 0 fully saturated rings. The highest BCUT2D eigenvalue weighted by Gasteiger charge is 2.20. The minimum absolute atomic E-state index is 0.132. The summed E-state index contributed by atoms with van der Waals surface area (Å²) < 4.78 is 2.53. The third-order valence-electron chi connectivity index (χ3n) is 3.91. The second-order valence-electron chi connectivity index (χ2n) is 5.91. The predicted octanol–water partition coefficient (Wildman–Crippen LogP) is 5.05. The number of aromatic nitrogens is 3. The van der Waals surface area contributed by atoms with E-state index in [1.54, 1.807) is 12.3 Å². The van der Waals surface area contributed by atoms with Gasteiger partial charge in [0.1, 0.15) is 0 Å². The van der Waals surface area contributed by atoms with Crippen LogP contribution in [0.3, 0.4) is 0 Å². The second-order valence-corrected chi connectivity index (χ2v) is 7.63. The zero-order chi connectivity index (χ0) is 18.1. The number of aliphatic carboxylic acids is 1. The van der Waals surface area contributed by atoms with Crippen molar-refractivity contribution in [2.75, 3.05) is 0 Å². The molecule has 0 unspecified atom stereocenters. The number of carboxylic acids is 1. The summed E-state index contributed by atoms with van der Waals surface area (Å²) in [7, 11) is 0. The summed E-state index contributed by atoms with van der Waals surface area (Å²) in [6.45, 7) is 6.82. The maximum atomic E-state index is 11.1. The Morgan fingerprint density at radius 1 is 1.44 bits per heavy atom. The summed E-state index contributed by atoms with van der Waals surface area (Å²) in [5.74, 6) is -0.860. The maximum absolute atomic E-state index is 11.1. The van der Waals surface area contributed by atoms with Crippen molar-refractivity contribution in [2.45, 2.75) is 33.2 Å². The SMILES string of the molecule is CCn1ncc2c(-c3ccc(Cl)s3)c(C=CC(=O)O)c(C(C)C)nc21. The first-order valence-corrected chi connectivity index (χ1v) is 9.18. The summed E-state index contributed by atoms with van der Waals surface area (Å²) >= 11 is 7.61. The number of pyridine rings is 1. The molecule has 3 heterocycles. The molecule has 0 bridgehead atoms. The smallest absolute Gasteiger partial charge is 0.328 e. The third-order valence-corrected chi connectivity index (χ3v) is 5.16. The van der Waals surface area contributed by atoms with E-state index in [0.717, 1.165) is 38.8 Å². The van der Waals surface area contributed by atoms with E-state index < -0.39 is 5.97 Å². The number of carbonyl (C=O) groups is 1. The lowest BCUT2D eigenvalue weighted by molar-refractivity contribution is -0.131. The van der Waals surface area contributed by atoms with E-state index >= 15 is 0 Å². The van der Waals surface area contributed by atoms with E-state index in [0.29, 0.717) is 10.9 Å². The molecular formula is C18H18ClN3O2S. The lowest BCUT2D eigenvalue weighted by Crippen LogP contribution is -2.04. The summed E-state index contributed by atoms with van der Waals surface area (Å²) in [6.07, 6.45) is 4.56. The van der Waals surface area contributed by atoms with Crippen LogP contribution in [0.25, 0.3) is 27.6 Å². The van der Waals surface area contributed by atoms with Crippen LogP contribution in [0.5, 0.6) is 0 Å². The highest BCUT2D eigenvalue weighted by Crippen LogP contribution is 2.40. The molecule has 0 saturated carbocycles. The molecule has 0 aromatic carbocycles. The molecule has 0 atom stereocenters. The van der Waals surface area contributed by atoms with Crippen molar-refractivity contribution in [2.24, 2.45) is 0 Å². The van der Waals surface area contributed by atoms with Gasteiger partial charge in [-0.15, -0.1) is 11.3 Å². The Hall–Kier alpha value is -2.18. The van der Waals surface area contributed by atoms with Crippen molar-refractivity contribution in [3.8, 4) is 10.4 Å². The lowest BCUT2D eigenvalue weighted by Gasteiger charge is -2.15. The van der Waals surface area contributed by atoms with Crippen LogP contribution in [0.1, 0.15) is 37.9 Å². The zero-order valence-electron chi connectivity index (χ0n) is 14.2. The summed E-state index contributed by atoms with van der Waals surface area (Å²) in [5, 5.41) is 14.4. The summed E-state index contributed by atoms with van der Waals surface area (Å²) in [6, 6.07) is 3.80. The van der Waals surface area contributed by atoms with Crippen molar-refractivity contribution < 1.29 is 9.90 Å². The quantitative estimate of drug-likeness (QED) is 0.633. The molecule has 3 aromatic heterocycles. The molecule has 5 nitrogen and oxygen atoms in total. The number of aryl methyl sites for hydroxylation is 1. The number of hydrogen-bond acceptors (Lipinski definition) is 4. The van der Waals surface area contributed by atoms with Gasteiger partial charge >= 0.3 is 5.97 Å². The van der Waals surface area contributed by atoms with Gasteiger partial charge in [-0.1, -0.05) is 25.4 Å². The van der Waals surface area contributed by atoms with Gasteiger partial charge in [-0.3, -0.25) is 0 Å². The van der Waals surface area contributed by atoms with Gasteiger partial charge in [0.25, 0.3) is 0 Å². The number of carboxylic acid groups (broad SMARTS) is 1. The van der Waals surface area contributed by atoms with Crippen LogP contribution in [0.15, 0.2) is 24.4 Å². The van der Waals surface area contributed by atoms with Gasteiger partial charge in [0.2, 0.25) is 0 Å². The van der Waals surface area contributed by atoms with Crippen LogP contribution in [0, 0.1) is 0 Å². The number of rotatable bonds is 5. The molecule has 1 N–H and O–H groups in total. The van der Waals surface area contributed by atoms with Crippen LogP contribution in [0.4, 0.5) is 0 Å². The Balaban J connectivity index is 2.43. The Morgan fingerprint density at radius 3 is 2.76 bits per heavy atom. The second kappa shape index (κ2) is 6.98. The van der Waals surface area contributed by atoms with Crippen LogP contribution in [0.2, 0.25) is 4.34 Å². The van der Waals surface area contributed by atoms with Gasteiger partial charge in [0.15, 0.2) is 5.65 Å². The minimum atomic E-state index is -0.991. The van der Waals surface area contributed by atoms with E-state index in [1.807, 2.05) is 37.6 Å². The maximum Gasteiger partial charge on any atom is 0.328 e. The van der Waals surface area contributed by atoms with Gasteiger partial charge < -0.3 is 5.11 Å². The van der Waals surface area contributed by atoms with Crippen molar-refractivity contribution >= 4 is 46.0 Å². The van der Waals surface area contributed by atoms with E-state index in [-0.39, 0.29) is 5.92 Å². The van der Waals surface area contributed by atoms with Crippen LogP contribution in [-0.2, 0) is 11.3 Å². The number of hydrogen-bond donors (Lipinski definition) is 1. The van der Waals surface area contributed by atoms with Crippen molar-refractivity contribution in [3.63, 3.8) is 0 Å². The third kappa shape index (κ3) is 3.32. The van der Waals surface area contributed by atoms with Crippen LogP contribution < -0.4 is 0 Å². The molecule has 0 saturated heterocycles. The Morgan fingerprint density at radius 2 is 2.20 bits per heavy atom. The van der Waals surface area contributed by atoms with E-state index in [9.17, 15) is 4.79 Å². The first-order chi connectivity index (χ1) is 11.9. The molecule has 130 valence electrons.